The maximum atomic E-state index is 2.62. The Labute approximate surface area is 147 Å². The molecule has 2 aliphatic rings. The highest BCUT2D eigenvalue weighted by atomic mass is 15.2. The van der Waals surface area contributed by atoms with E-state index < -0.39 is 0 Å². The van der Waals surface area contributed by atoms with Crippen LogP contribution in [0.4, 0.5) is 5.69 Å². The van der Waals surface area contributed by atoms with Crippen LogP contribution in [0.15, 0.2) is 59.3 Å². The summed E-state index contributed by atoms with van der Waals surface area (Å²) in [6, 6.07) is 9.48. The molecule has 1 heterocycles. The van der Waals surface area contributed by atoms with Gasteiger partial charge in [-0.05, 0) is 65.0 Å². The maximum absolute atomic E-state index is 2.62. The highest BCUT2D eigenvalue weighted by molar-refractivity contribution is 5.64. The predicted octanol–water partition coefficient (Wildman–Crippen LogP) is 6.28. The van der Waals surface area contributed by atoms with Crippen LogP contribution in [0.1, 0.15) is 53.5 Å². The third-order valence-electron chi connectivity index (χ3n) is 5.65. The molecule has 128 valence electrons. The summed E-state index contributed by atoms with van der Waals surface area (Å²) in [5.74, 6) is 0.486. The molecule has 3 atom stereocenters. The molecule has 1 aliphatic carbocycles. The summed E-state index contributed by atoms with van der Waals surface area (Å²) in [7, 11) is 0. The number of benzene rings is 1. The number of nitrogens with zero attached hydrogens (tertiary/aromatic N) is 1. The van der Waals surface area contributed by atoms with Crippen LogP contribution in [-0.4, -0.2) is 6.04 Å². The fraction of sp³-hybridized carbons (Fsp3) is 0.478. The van der Waals surface area contributed by atoms with Crippen LogP contribution in [0.2, 0.25) is 0 Å². The van der Waals surface area contributed by atoms with Gasteiger partial charge in [0.2, 0.25) is 0 Å². The predicted molar refractivity (Wildman–Crippen MR) is 105 cm³/mol. The van der Waals surface area contributed by atoms with Gasteiger partial charge in [0.05, 0.1) is 0 Å². The molecule has 1 aliphatic heterocycles. The third kappa shape index (κ3) is 2.85. The van der Waals surface area contributed by atoms with Crippen LogP contribution >= 0.6 is 0 Å². The summed E-state index contributed by atoms with van der Waals surface area (Å²) >= 11 is 0. The van der Waals surface area contributed by atoms with E-state index in [0.717, 1.165) is 0 Å². The van der Waals surface area contributed by atoms with E-state index in [9.17, 15) is 0 Å². The lowest BCUT2D eigenvalue weighted by molar-refractivity contribution is 0.499. The highest BCUT2D eigenvalue weighted by Crippen LogP contribution is 2.47. The van der Waals surface area contributed by atoms with Crippen molar-refractivity contribution in [3.8, 4) is 0 Å². The molecule has 0 aromatic heterocycles. The van der Waals surface area contributed by atoms with Crippen LogP contribution in [0, 0.1) is 11.3 Å². The molecule has 1 aromatic carbocycles. The van der Waals surface area contributed by atoms with Crippen LogP contribution < -0.4 is 4.90 Å². The number of hydrogen-bond acceptors (Lipinski definition) is 1. The van der Waals surface area contributed by atoms with E-state index >= 15 is 0 Å². The van der Waals surface area contributed by atoms with Gasteiger partial charge in [-0.15, -0.1) is 0 Å². The van der Waals surface area contributed by atoms with Crippen molar-refractivity contribution >= 4 is 5.69 Å². The Hall–Kier alpha value is -1.76. The van der Waals surface area contributed by atoms with Gasteiger partial charge < -0.3 is 4.90 Å². The van der Waals surface area contributed by atoms with Crippen LogP contribution in [0.5, 0.6) is 0 Å². The fourth-order valence-electron chi connectivity index (χ4n) is 4.39. The summed E-state index contributed by atoms with van der Waals surface area (Å²) in [5, 5.41) is 0. The van der Waals surface area contributed by atoms with Crippen molar-refractivity contribution < 1.29 is 0 Å². The van der Waals surface area contributed by atoms with E-state index in [1.165, 1.54) is 40.9 Å². The molecule has 0 bridgehead atoms. The minimum atomic E-state index is -0.0238. The summed E-state index contributed by atoms with van der Waals surface area (Å²) < 4.78 is 0. The van der Waals surface area contributed by atoms with Crippen molar-refractivity contribution in [2.45, 2.75) is 60.4 Å². The molecule has 0 N–H and O–H groups in total. The Morgan fingerprint density at radius 1 is 1.17 bits per heavy atom. The van der Waals surface area contributed by atoms with Gasteiger partial charge in [0.15, 0.2) is 0 Å². The van der Waals surface area contributed by atoms with Gasteiger partial charge in [0, 0.05) is 22.8 Å². The van der Waals surface area contributed by atoms with Crippen LogP contribution in [0.3, 0.4) is 0 Å². The quantitative estimate of drug-likeness (QED) is 0.579. The van der Waals surface area contributed by atoms with Gasteiger partial charge >= 0.3 is 0 Å². The SMILES string of the molecule is CC(C)=CC1(C)C(C)=CC(C)C=C1N1c2ccccc2CCC1C. The first-order valence-electron chi connectivity index (χ1n) is 9.27. The van der Waals surface area contributed by atoms with Crippen molar-refractivity contribution in [2.24, 2.45) is 11.3 Å². The Morgan fingerprint density at radius 3 is 2.58 bits per heavy atom. The van der Waals surface area contributed by atoms with E-state index in [2.05, 4.69) is 88.9 Å². The molecule has 0 amide bonds. The van der Waals surface area contributed by atoms with Gasteiger partial charge in [-0.1, -0.05) is 54.5 Å². The molecule has 24 heavy (non-hydrogen) atoms. The first kappa shape index (κ1) is 17.1. The number of rotatable bonds is 2. The summed E-state index contributed by atoms with van der Waals surface area (Å²) in [6.45, 7) is 13.8. The van der Waals surface area contributed by atoms with Gasteiger partial charge in [0.1, 0.15) is 0 Å². The monoisotopic (exact) mass is 321 g/mol. The largest absolute Gasteiger partial charge is 0.341 e. The third-order valence-corrected chi connectivity index (χ3v) is 5.65. The number of allylic oxidation sites excluding steroid dienone is 4. The molecular formula is C23H31N. The number of anilines is 1. The zero-order chi connectivity index (χ0) is 17.5. The topological polar surface area (TPSA) is 3.24 Å². The lowest BCUT2D eigenvalue weighted by atomic mass is 9.72. The molecule has 0 saturated carbocycles. The molecule has 1 heteroatoms. The zero-order valence-corrected chi connectivity index (χ0v) is 16.1. The maximum Gasteiger partial charge on any atom is 0.0463 e. The first-order valence-corrected chi connectivity index (χ1v) is 9.27. The van der Waals surface area contributed by atoms with E-state index in [-0.39, 0.29) is 5.41 Å². The standard InChI is InChI=1S/C23H31N/c1-16(2)15-23(6)18(4)13-17(3)14-22(23)24-19(5)11-12-20-9-7-8-10-21(20)24/h7-10,13-15,17,19H,11-12H2,1-6H3. The number of para-hydroxylation sites is 1. The van der Waals surface area contributed by atoms with E-state index in [1.807, 2.05) is 0 Å². The van der Waals surface area contributed by atoms with Crippen molar-refractivity contribution in [3.63, 3.8) is 0 Å². The molecule has 3 unspecified atom stereocenters. The van der Waals surface area contributed by atoms with Gasteiger partial charge in [-0.25, -0.2) is 0 Å². The minimum absolute atomic E-state index is 0.0238. The Bertz CT molecular complexity index is 717. The lowest BCUT2D eigenvalue weighted by Gasteiger charge is -2.47. The molecule has 1 nitrogen and oxygen atoms in total. The summed E-state index contributed by atoms with van der Waals surface area (Å²) in [5.41, 5.74) is 7.15. The molecule has 0 fully saturated rings. The zero-order valence-electron chi connectivity index (χ0n) is 16.1. The van der Waals surface area contributed by atoms with Crippen molar-refractivity contribution in [1.82, 2.24) is 0 Å². The normalized spacial score (nSPS) is 29.5. The molecule has 3 rings (SSSR count). The molecule has 1 aromatic rings. The summed E-state index contributed by atoms with van der Waals surface area (Å²) in [6.07, 6.45) is 9.75. The Balaban J connectivity index is 2.17. The second-order valence-corrected chi connectivity index (χ2v) is 8.07. The number of aryl methyl sites for hydroxylation is 1. The van der Waals surface area contributed by atoms with Gasteiger partial charge in [-0.2, -0.15) is 0 Å². The molecule has 0 radical (unpaired) electrons. The van der Waals surface area contributed by atoms with E-state index in [4.69, 9.17) is 0 Å². The Kier molecular flexibility index (Phi) is 4.46. The average molecular weight is 322 g/mol. The molecule has 0 spiro atoms. The van der Waals surface area contributed by atoms with E-state index in [1.54, 1.807) is 0 Å². The van der Waals surface area contributed by atoms with Crippen LogP contribution in [0.25, 0.3) is 0 Å². The summed E-state index contributed by atoms with van der Waals surface area (Å²) in [4.78, 5) is 2.62. The first-order chi connectivity index (χ1) is 11.3. The van der Waals surface area contributed by atoms with Gasteiger partial charge in [0.25, 0.3) is 0 Å². The van der Waals surface area contributed by atoms with E-state index in [0.29, 0.717) is 12.0 Å². The second-order valence-electron chi connectivity index (χ2n) is 8.07. The lowest BCUT2D eigenvalue weighted by Crippen LogP contribution is -2.43. The molecule has 0 saturated heterocycles. The van der Waals surface area contributed by atoms with Gasteiger partial charge in [-0.3, -0.25) is 0 Å². The average Bonchev–Trinajstić information content (AvgIpc) is 2.51. The molecular weight excluding hydrogens is 290 g/mol. The van der Waals surface area contributed by atoms with Crippen molar-refractivity contribution in [2.75, 3.05) is 4.90 Å². The minimum Gasteiger partial charge on any atom is -0.341 e. The number of hydrogen-bond donors (Lipinski definition) is 0. The van der Waals surface area contributed by atoms with Crippen molar-refractivity contribution in [3.05, 3.63) is 64.9 Å². The smallest absolute Gasteiger partial charge is 0.0463 e. The van der Waals surface area contributed by atoms with Crippen molar-refractivity contribution in [1.29, 1.82) is 0 Å². The Morgan fingerprint density at radius 2 is 1.88 bits per heavy atom. The highest BCUT2D eigenvalue weighted by Gasteiger charge is 2.38. The second kappa shape index (κ2) is 6.27. The fourth-order valence-corrected chi connectivity index (χ4v) is 4.39. The van der Waals surface area contributed by atoms with Crippen LogP contribution in [-0.2, 0) is 6.42 Å². The number of fused-ring (bicyclic) bond motifs is 1.